The van der Waals surface area contributed by atoms with Crippen LogP contribution in [0.25, 0.3) is 0 Å². The van der Waals surface area contributed by atoms with E-state index >= 15 is 0 Å². The number of aromatic nitrogens is 3. The number of nitrogens with one attached hydrogen (secondary N) is 1. The SMILES string of the molecule is CCN(CC(F)(F)F)c1nc(NN)nc(N2CCCC2)n1. The number of halogens is 3. The van der Waals surface area contributed by atoms with Gasteiger partial charge in [-0.1, -0.05) is 0 Å². The molecule has 1 aliphatic rings. The van der Waals surface area contributed by atoms with Crippen LogP contribution in [0.3, 0.4) is 0 Å². The zero-order chi connectivity index (χ0) is 15.5. The highest BCUT2D eigenvalue weighted by Crippen LogP contribution is 2.23. The Morgan fingerprint density at radius 2 is 1.90 bits per heavy atom. The van der Waals surface area contributed by atoms with Crippen LogP contribution in [-0.4, -0.2) is 47.3 Å². The number of nitrogens with two attached hydrogens (primary N) is 1. The van der Waals surface area contributed by atoms with E-state index in [0.717, 1.165) is 30.8 Å². The number of alkyl halides is 3. The third-order valence-corrected chi connectivity index (χ3v) is 3.16. The second-order valence-corrected chi connectivity index (χ2v) is 4.73. The van der Waals surface area contributed by atoms with Gasteiger partial charge in [-0.15, -0.1) is 0 Å². The highest BCUT2D eigenvalue weighted by atomic mass is 19.4. The van der Waals surface area contributed by atoms with Gasteiger partial charge in [0.15, 0.2) is 0 Å². The molecule has 21 heavy (non-hydrogen) atoms. The fourth-order valence-corrected chi connectivity index (χ4v) is 2.16. The highest BCUT2D eigenvalue weighted by molar-refractivity contribution is 5.45. The molecule has 0 aliphatic carbocycles. The molecule has 0 saturated carbocycles. The molecule has 1 aromatic rings. The summed E-state index contributed by atoms with van der Waals surface area (Å²) >= 11 is 0. The number of hydrogen-bond acceptors (Lipinski definition) is 7. The lowest BCUT2D eigenvalue weighted by molar-refractivity contribution is -0.119. The van der Waals surface area contributed by atoms with Crippen molar-refractivity contribution in [3.8, 4) is 0 Å². The molecule has 0 amide bonds. The van der Waals surface area contributed by atoms with Crippen molar-refractivity contribution in [3.05, 3.63) is 0 Å². The van der Waals surface area contributed by atoms with E-state index in [1.165, 1.54) is 0 Å². The Balaban J connectivity index is 2.30. The summed E-state index contributed by atoms with van der Waals surface area (Å²) in [6.45, 7) is 2.18. The van der Waals surface area contributed by atoms with Gasteiger partial charge in [0.25, 0.3) is 0 Å². The van der Waals surface area contributed by atoms with Gasteiger partial charge in [-0.25, -0.2) is 5.84 Å². The molecular weight excluding hydrogens is 287 g/mol. The number of rotatable bonds is 5. The molecule has 118 valence electrons. The molecule has 1 fully saturated rings. The largest absolute Gasteiger partial charge is 0.406 e. The normalized spacial score (nSPS) is 15.4. The van der Waals surface area contributed by atoms with Gasteiger partial charge in [0.05, 0.1) is 0 Å². The Morgan fingerprint density at radius 1 is 1.24 bits per heavy atom. The van der Waals surface area contributed by atoms with Gasteiger partial charge >= 0.3 is 6.18 Å². The fraction of sp³-hybridized carbons (Fsp3) is 0.727. The molecule has 0 unspecified atom stereocenters. The Bertz CT molecular complexity index is 473. The standard InChI is InChI=1S/C11H18F3N7/c1-2-20(7-11(12,13)14)9-16-8(19-15)17-10(18-9)21-5-3-4-6-21/h2-7,15H2,1H3,(H,16,17,18,19). The maximum atomic E-state index is 12.6. The summed E-state index contributed by atoms with van der Waals surface area (Å²) in [5.41, 5.74) is 2.28. The molecule has 1 saturated heterocycles. The second kappa shape index (κ2) is 6.29. The molecule has 2 rings (SSSR count). The van der Waals surface area contributed by atoms with E-state index in [9.17, 15) is 13.2 Å². The summed E-state index contributed by atoms with van der Waals surface area (Å²) < 4.78 is 37.8. The first kappa shape index (κ1) is 15.5. The minimum Gasteiger partial charge on any atom is -0.341 e. The van der Waals surface area contributed by atoms with Crippen molar-refractivity contribution >= 4 is 17.8 Å². The van der Waals surface area contributed by atoms with Crippen LogP contribution in [0.5, 0.6) is 0 Å². The van der Waals surface area contributed by atoms with Crippen LogP contribution in [0.2, 0.25) is 0 Å². The van der Waals surface area contributed by atoms with Crippen molar-refractivity contribution in [1.29, 1.82) is 0 Å². The van der Waals surface area contributed by atoms with Gasteiger partial charge in [-0.05, 0) is 19.8 Å². The number of hydrogen-bond donors (Lipinski definition) is 2. The van der Waals surface area contributed by atoms with Gasteiger partial charge in [0.2, 0.25) is 17.8 Å². The van der Waals surface area contributed by atoms with Crippen molar-refractivity contribution < 1.29 is 13.2 Å². The molecule has 0 spiro atoms. The lowest BCUT2D eigenvalue weighted by atomic mass is 10.4. The Morgan fingerprint density at radius 3 is 2.43 bits per heavy atom. The summed E-state index contributed by atoms with van der Waals surface area (Å²) in [6.07, 6.45) is -2.31. The number of anilines is 3. The van der Waals surface area contributed by atoms with E-state index in [1.54, 1.807) is 6.92 Å². The van der Waals surface area contributed by atoms with E-state index in [0.29, 0.717) is 5.95 Å². The van der Waals surface area contributed by atoms with Crippen LogP contribution in [0.1, 0.15) is 19.8 Å². The third kappa shape index (κ3) is 4.06. The first-order valence-electron chi connectivity index (χ1n) is 6.72. The summed E-state index contributed by atoms with van der Waals surface area (Å²) in [6, 6.07) is 0. The third-order valence-electron chi connectivity index (χ3n) is 3.16. The molecular formula is C11H18F3N7. The predicted octanol–water partition coefficient (Wildman–Crippen LogP) is 1.15. The Kier molecular flexibility index (Phi) is 4.66. The van der Waals surface area contributed by atoms with Crippen LogP contribution in [0.15, 0.2) is 0 Å². The van der Waals surface area contributed by atoms with Crippen molar-refractivity contribution in [2.24, 2.45) is 5.84 Å². The quantitative estimate of drug-likeness (QED) is 0.623. The van der Waals surface area contributed by atoms with E-state index < -0.39 is 12.7 Å². The number of hydrazine groups is 1. The Hall–Kier alpha value is -1.84. The van der Waals surface area contributed by atoms with Crippen LogP contribution < -0.4 is 21.1 Å². The van der Waals surface area contributed by atoms with E-state index in [1.807, 2.05) is 4.90 Å². The highest BCUT2D eigenvalue weighted by Gasteiger charge is 2.32. The minimum absolute atomic E-state index is 0.0281. The average Bonchev–Trinajstić information content (AvgIpc) is 2.97. The summed E-state index contributed by atoms with van der Waals surface area (Å²) in [4.78, 5) is 15.1. The van der Waals surface area contributed by atoms with Crippen LogP contribution in [0, 0.1) is 0 Å². The van der Waals surface area contributed by atoms with Crippen LogP contribution in [-0.2, 0) is 0 Å². The molecule has 0 aromatic carbocycles. The average molecular weight is 305 g/mol. The van der Waals surface area contributed by atoms with Gasteiger partial charge in [0, 0.05) is 19.6 Å². The molecule has 1 aromatic heterocycles. The van der Waals surface area contributed by atoms with Crippen LogP contribution in [0.4, 0.5) is 31.0 Å². The molecule has 0 bridgehead atoms. The molecule has 3 N–H and O–H groups in total. The maximum absolute atomic E-state index is 12.6. The van der Waals surface area contributed by atoms with E-state index in [2.05, 4.69) is 20.4 Å². The van der Waals surface area contributed by atoms with Gasteiger partial charge in [0.1, 0.15) is 6.54 Å². The summed E-state index contributed by atoms with van der Waals surface area (Å²) in [7, 11) is 0. The predicted molar refractivity (Wildman–Crippen MR) is 73.0 cm³/mol. The minimum atomic E-state index is -4.33. The van der Waals surface area contributed by atoms with Crippen LogP contribution >= 0.6 is 0 Å². The summed E-state index contributed by atoms with van der Waals surface area (Å²) in [5, 5.41) is 0. The molecule has 10 heteroatoms. The van der Waals surface area contributed by atoms with Crippen molar-refractivity contribution in [2.75, 3.05) is 41.4 Å². The first-order valence-corrected chi connectivity index (χ1v) is 6.72. The first-order chi connectivity index (χ1) is 9.93. The van der Waals surface area contributed by atoms with Gasteiger partial charge < -0.3 is 9.80 Å². The number of nitrogens with zero attached hydrogens (tertiary/aromatic N) is 5. The van der Waals surface area contributed by atoms with Gasteiger partial charge in [-0.3, -0.25) is 5.43 Å². The Labute approximate surface area is 120 Å². The van der Waals surface area contributed by atoms with E-state index in [4.69, 9.17) is 5.84 Å². The topological polar surface area (TPSA) is 83.2 Å². The zero-order valence-corrected chi connectivity index (χ0v) is 11.7. The van der Waals surface area contributed by atoms with Crippen molar-refractivity contribution in [2.45, 2.75) is 25.9 Å². The van der Waals surface area contributed by atoms with Crippen molar-refractivity contribution in [3.63, 3.8) is 0 Å². The molecule has 7 nitrogen and oxygen atoms in total. The molecule has 1 aliphatic heterocycles. The molecule has 2 heterocycles. The maximum Gasteiger partial charge on any atom is 0.406 e. The number of nitrogen functional groups attached to an aromatic ring is 1. The van der Waals surface area contributed by atoms with E-state index in [-0.39, 0.29) is 18.4 Å². The molecule has 0 radical (unpaired) electrons. The summed E-state index contributed by atoms with van der Waals surface area (Å²) in [5.74, 6) is 5.68. The lowest BCUT2D eigenvalue weighted by Gasteiger charge is -2.24. The smallest absolute Gasteiger partial charge is 0.341 e. The monoisotopic (exact) mass is 305 g/mol. The van der Waals surface area contributed by atoms with Gasteiger partial charge in [-0.2, -0.15) is 28.1 Å². The molecule has 0 atom stereocenters. The zero-order valence-electron chi connectivity index (χ0n) is 11.7. The fourth-order valence-electron chi connectivity index (χ4n) is 2.16. The lowest BCUT2D eigenvalue weighted by Crippen LogP contribution is -2.36. The second-order valence-electron chi connectivity index (χ2n) is 4.73. The van der Waals surface area contributed by atoms with Crippen molar-refractivity contribution in [1.82, 2.24) is 15.0 Å².